The highest BCUT2D eigenvalue weighted by atomic mass is 35.5. The predicted molar refractivity (Wildman–Crippen MR) is 78.4 cm³/mol. The van der Waals surface area contributed by atoms with Crippen molar-refractivity contribution in [1.82, 2.24) is 9.62 Å². The van der Waals surface area contributed by atoms with E-state index < -0.39 is 15.8 Å². The van der Waals surface area contributed by atoms with Gasteiger partial charge in [-0.25, -0.2) is 12.8 Å². The first-order valence-corrected chi connectivity index (χ1v) is 8.49. The topological polar surface area (TPSA) is 58.6 Å². The minimum atomic E-state index is -3.91. The van der Waals surface area contributed by atoms with E-state index in [1.807, 2.05) is 0 Å². The predicted octanol–water partition coefficient (Wildman–Crippen LogP) is 1.61. The van der Waals surface area contributed by atoms with Crippen LogP contribution in [0, 0.1) is 5.82 Å². The fraction of sp³-hybridized carbons (Fsp3) is 0.538. The van der Waals surface area contributed by atoms with Crippen molar-refractivity contribution >= 4 is 21.6 Å². The van der Waals surface area contributed by atoms with Gasteiger partial charge in [0.15, 0.2) is 0 Å². The van der Waals surface area contributed by atoms with Crippen molar-refractivity contribution in [1.29, 1.82) is 0 Å². The number of hydrogen-bond donors (Lipinski definition) is 1. The maximum Gasteiger partial charge on any atom is 0.246 e. The Morgan fingerprint density at radius 1 is 1.38 bits per heavy atom. The fourth-order valence-electron chi connectivity index (χ4n) is 2.23. The van der Waals surface area contributed by atoms with Gasteiger partial charge in [0.25, 0.3) is 0 Å². The number of nitrogens with zero attached hydrogens (tertiary/aromatic N) is 1. The van der Waals surface area contributed by atoms with Gasteiger partial charge >= 0.3 is 0 Å². The summed E-state index contributed by atoms with van der Waals surface area (Å²) in [7, 11) is -2.26. The third kappa shape index (κ3) is 3.73. The monoisotopic (exact) mass is 336 g/mol. The third-order valence-corrected chi connectivity index (χ3v) is 5.36. The molecule has 1 aromatic carbocycles. The van der Waals surface area contributed by atoms with E-state index in [-0.39, 0.29) is 28.6 Å². The van der Waals surface area contributed by atoms with Crippen molar-refractivity contribution in [3.05, 3.63) is 28.5 Å². The molecule has 0 saturated carbocycles. The maximum absolute atomic E-state index is 14.5. The van der Waals surface area contributed by atoms with Gasteiger partial charge in [0.2, 0.25) is 10.0 Å². The first kappa shape index (κ1) is 16.6. The first-order valence-electron chi connectivity index (χ1n) is 6.67. The Morgan fingerprint density at radius 3 is 2.86 bits per heavy atom. The van der Waals surface area contributed by atoms with Crippen LogP contribution >= 0.6 is 11.6 Å². The Labute approximate surface area is 129 Å². The van der Waals surface area contributed by atoms with Crippen molar-refractivity contribution in [2.45, 2.75) is 17.9 Å². The van der Waals surface area contributed by atoms with E-state index in [1.54, 1.807) is 7.05 Å². The zero-order chi connectivity index (χ0) is 15.5. The van der Waals surface area contributed by atoms with Gasteiger partial charge in [-0.05, 0) is 25.6 Å². The minimum Gasteiger partial charge on any atom is -0.380 e. The largest absolute Gasteiger partial charge is 0.380 e. The fourth-order valence-corrected chi connectivity index (χ4v) is 4.13. The van der Waals surface area contributed by atoms with Gasteiger partial charge in [-0.2, -0.15) is 4.31 Å². The quantitative estimate of drug-likeness (QED) is 0.907. The van der Waals surface area contributed by atoms with E-state index in [0.29, 0.717) is 26.2 Å². The Kier molecular flexibility index (Phi) is 5.56. The molecule has 0 bridgehead atoms. The van der Waals surface area contributed by atoms with Crippen LogP contribution in [0.4, 0.5) is 4.39 Å². The molecular formula is C13H18ClFN2O3S. The smallest absolute Gasteiger partial charge is 0.246 e. The molecule has 8 heteroatoms. The van der Waals surface area contributed by atoms with Gasteiger partial charge < -0.3 is 10.1 Å². The van der Waals surface area contributed by atoms with Crippen LogP contribution in [0.3, 0.4) is 0 Å². The molecule has 1 aromatic rings. The van der Waals surface area contributed by atoms with Crippen LogP contribution in [0.1, 0.15) is 12.0 Å². The molecule has 0 spiro atoms. The lowest BCUT2D eigenvalue weighted by Crippen LogP contribution is -2.34. The lowest BCUT2D eigenvalue weighted by atomic mass is 10.2. The number of benzene rings is 1. The third-order valence-electron chi connectivity index (χ3n) is 3.25. The normalized spacial score (nSPS) is 17.7. The number of rotatable bonds is 4. The van der Waals surface area contributed by atoms with E-state index >= 15 is 0 Å². The van der Waals surface area contributed by atoms with E-state index in [9.17, 15) is 12.8 Å². The van der Waals surface area contributed by atoms with Crippen LogP contribution in [0.25, 0.3) is 0 Å². The summed E-state index contributed by atoms with van der Waals surface area (Å²) in [4.78, 5) is -0.373. The summed E-state index contributed by atoms with van der Waals surface area (Å²) in [5.41, 5.74) is 0.231. The highest BCUT2D eigenvalue weighted by Gasteiger charge is 2.29. The first-order chi connectivity index (χ1) is 9.96. The summed E-state index contributed by atoms with van der Waals surface area (Å²) in [6, 6.07) is 2.59. The highest BCUT2D eigenvalue weighted by molar-refractivity contribution is 7.89. The molecule has 0 amide bonds. The maximum atomic E-state index is 14.5. The lowest BCUT2D eigenvalue weighted by Gasteiger charge is -2.20. The number of nitrogens with one attached hydrogen (secondary N) is 1. The Morgan fingerprint density at radius 2 is 2.14 bits per heavy atom. The van der Waals surface area contributed by atoms with E-state index in [0.717, 1.165) is 6.07 Å². The molecule has 2 rings (SSSR count). The molecule has 1 saturated heterocycles. The van der Waals surface area contributed by atoms with Gasteiger partial charge in [-0.15, -0.1) is 0 Å². The number of halogens is 2. The molecule has 0 atom stereocenters. The molecule has 118 valence electrons. The van der Waals surface area contributed by atoms with Gasteiger partial charge in [0.1, 0.15) is 10.7 Å². The summed E-state index contributed by atoms with van der Waals surface area (Å²) in [6.07, 6.45) is 0.588. The number of ether oxygens (including phenoxy) is 1. The molecule has 5 nitrogen and oxygen atoms in total. The van der Waals surface area contributed by atoms with E-state index in [1.165, 1.54) is 10.4 Å². The van der Waals surface area contributed by atoms with Crippen LogP contribution in [-0.4, -0.2) is 46.1 Å². The van der Waals surface area contributed by atoms with Crippen LogP contribution < -0.4 is 5.32 Å². The van der Waals surface area contributed by atoms with Crippen LogP contribution in [0.15, 0.2) is 17.0 Å². The van der Waals surface area contributed by atoms with Crippen LogP contribution in [0.2, 0.25) is 5.02 Å². The molecular weight excluding hydrogens is 319 g/mol. The molecule has 21 heavy (non-hydrogen) atoms. The molecule has 1 fully saturated rings. The molecule has 0 aliphatic carbocycles. The summed E-state index contributed by atoms with van der Waals surface area (Å²) < 4.78 is 46.2. The van der Waals surface area contributed by atoms with Crippen LogP contribution in [0.5, 0.6) is 0 Å². The second-order valence-electron chi connectivity index (χ2n) is 4.78. The van der Waals surface area contributed by atoms with Crippen molar-refractivity contribution < 1.29 is 17.5 Å². The molecule has 1 aliphatic heterocycles. The Bertz CT molecular complexity index is 602. The number of sulfonamides is 1. The molecule has 0 radical (unpaired) electrons. The summed E-state index contributed by atoms with van der Waals surface area (Å²) in [6.45, 7) is 1.56. The highest BCUT2D eigenvalue weighted by Crippen LogP contribution is 2.27. The zero-order valence-corrected chi connectivity index (χ0v) is 13.3. The average Bonchev–Trinajstić information content (AvgIpc) is 2.72. The van der Waals surface area contributed by atoms with E-state index in [2.05, 4.69) is 5.32 Å². The van der Waals surface area contributed by atoms with Crippen LogP contribution in [-0.2, 0) is 21.3 Å². The van der Waals surface area contributed by atoms with Crippen molar-refractivity contribution in [2.75, 3.05) is 33.4 Å². The second-order valence-corrected chi connectivity index (χ2v) is 7.12. The molecule has 1 heterocycles. The van der Waals surface area contributed by atoms with E-state index in [4.69, 9.17) is 16.3 Å². The van der Waals surface area contributed by atoms with Crippen molar-refractivity contribution in [2.24, 2.45) is 0 Å². The van der Waals surface area contributed by atoms with Gasteiger partial charge in [0, 0.05) is 36.8 Å². The van der Waals surface area contributed by atoms with Crippen molar-refractivity contribution in [3.8, 4) is 0 Å². The molecule has 1 N–H and O–H groups in total. The van der Waals surface area contributed by atoms with Crippen molar-refractivity contribution in [3.63, 3.8) is 0 Å². The Hall–Kier alpha value is -0.730. The summed E-state index contributed by atoms with van der Waals surface area (Å²) >= 11 is 5.93. The Balaban J connectivity index is 2.43. The van der Waals surface area contributed by atoms with Gasteiger partial charge in [-0.3, -0.25) is 0 Å². The lowest BCUT2D eigenvalue weighted by molar-refractivity contribution is 0.148. The van der Waals surface area contributed by atoms with Gasteiger partial charge in [-0.1, -0.05) is 11.6 Å². The molecule has 0 aromatic heterocycles. The SMILES string of the molecule is CNCc1cc(Cl)cc(S(=O)(=O)N2CCCOCC2)c1F. The minimum absolute atomic E-state index is 0.200. The zero-order valence-electron chi connectivity index (χ0n) is 11.7. The summed E-state index contributed by atoms with van der Waals surface area (Å²) in [5.74, 6) is -0.751. The average molecular weight is 337 g/mol. The second kappa shape index (κ2) is 7.02. The molecule has 0 unspecified atom stereocenters. The molecule has 1 aliphatic rings. The van der Waals surface area contributed by atoms with Gasteiger partial charge in [0.05, 0.1) is 6.61 Å². The summed E-state index contributed by atoms with van der Waals surface area (Å²) in [5, 5.41) is 2.99. The number of hydrogen-bond acceptors (Lipinski definition) is 4. The standard InChI is InChI=1S/C13H18ClFN2O3S/c1-16-9-10-7-11(14)8-12(13(10)15)21(18,19)17-3-2-5-20-6-4-17/h7-8,16H,2-6,9H2,1H3.